The van der Waals surface area contributed by atoms with Crippen molar-refractivity contribution in [3.05, 3.63) is 68.1 Å². The van der Waals surface area contributed by atoms with Crippen molar-refractivity contribution in [3.63, 3.8) is 0 Å². The molecule has 1 aromatic carbocycles. The van der Waals surface area contributed by atoms with Crippen molar-refractivity contribution in [1.82, 2.24) is 0 Å². The van der Waals surface area contributed by atoms with Crippen LogP contribution in [0.5, 0.6) is 0 Å². The molecule has 0 aromatic heterocycles. The zero-order valence-electron chi connectivity index (χ0n) is 10.6. The molecular formula is C10H6N6O5S. The van der Waals surface area contributed by atoms with Crippen LogP contribution in [-0.4, -0.2) is 18.8 Å². The molecule has 0 radical (unpaired) electrons. The third-order valence-electron chi connectivity index (χ3n) is 2.74. The normalized spacial score (nSPS) is 20.2. The molecule has 1 unspecified atom stereocenters. The van der Waals surface area contributed by atoms with E-state index in [2.05, 4.69) is 24.2 Å². The second-order valence-corrected chi connectivity index (χ2v) is 5.00. The van der Waals surface area contributed by atoms with Crippen molar-refractivity contribution in [3.8, 4) is 0 Å². The molecule has 0 heterocycles. The van der Waals surface area contributed by atoms with Crippen LogP contribution in [-0.2, 0) is 20.3 Å². The lowest BCUT2D eigenvalue weighted by Crippen LogP contribution is -2.36. The minimum atomic E-state index is -5.12. The summed E-state index contributed by atoms with van der Waals surface area (Å²) in [7, 11) is -5.12. The summed E-state index contributed by atoms with van der Waals surface area (Å²) in [6, 6.07) is 5.47. The molecule has 0 amide bonds. The van der Waals surface area contributed by atoms with Crippen LogP contribution in [0.4, 0.5) is 0 Å². The Morgan fingerprint density at radius 1 is 1.23 bits per heavy atom. The lowest BCUT2D eigenvalue weighted by molar-refractivity contribution is 0.0882. The summed E-state index contributed by atoms with van der Waals surface area (Å²) in [5.74, 6) is -0.610. The van der Waals surface area contributed by atoms with Gasteiger partial charge in [0.05, 0.1) is 5.70 Å². The molecule has 0 fully saturated rings. The number of ketones is 1. The molecule has 2 rings (SSSR count). The topological polar surface area (TPSA) is 178 Å². The Hall–Kier alpha value is -2.88. The summed E-state index contributed by atoms with van der Waals surface area (Å²) in [6.45, 7) is 0. The maximum absolute atomic E-state index is 12.0. The van der Waals surface area contributed by atoms with Crippen LogP contribution in [0.25, 0.3) is 20.9 Å². The Morgan fingerprint density at radius 3 is 2.50 bits per heavy atom. The van der Waals surface area contributed by atoms with E-state index in [-0.39, 0.29) is 11.1 Å². The molecule has 22 heavy (non-hydrogen) atoms. The molecule has 12 heteroatoms. The van der Waals surface area contributed by atoms with Gasteiger partial charge in [-0.1, -0.05) is 29.4 Å². The highest BCUT2D eigenvalue weighted by atomic mass is 32.3. The van der Waals surface area contributed by atoms with Crippen molar-refractivity contribution in [2.45, 2.75) is 5.72 Å². The average Bonchev–Trinajstić information content (AvgIpc) is 2.44. The van der Waals surface area contributed by atoms with Gasteiger partial charge in [-0.2, -0.15) is 8.42 Å². The number of fused-ring (bicyclic) bond motifs is 1. The third kappa shape index (κ3) is 2.63. The third-order valence-corrected chi connectivity index (χ3v) is 3.19. The van der Waals surface area contributed by atoms with E-state index in [0.29, 0.717) is 0 Å². The number of allylic oxidation sites excluding steroid dienone is 1. The van der Waals surface area contributed by atoms with Gasteiger partial charge in [0.15, 0.2) is 5.78 Å². The molecule has 1 atom stereocenters. The first-order chi connectivity index (χ1) is 10.3. The summed E-state index contributed by atoms with van der Waals surface area (Å²) in [5.41, 5.74) is 13.9. The van der Waals surface area contributed by atoms with Crippen molar-refractivity contribution in [2.24, 2.45) is 10.2 Å². The van der Waals surface area contributed by atoms with Crippen LogP contribution in [0.1, 0.15) is 15.9 Å². The smallest absolute Gasteiger partial charge is 0.289 e. The molecule has 1 aromatic rings. The fourth-order valence-electron chi connectivity index (χ4n) is 2.00. The van der Waals surface area contributed by atoms with Gasteiger partial charge in [-0.05, 0) is 22.3 Å². The number of carbonyl (C=O) groups excluding carboxylic acids is 1. The van der Waals surface area contributed by atoms with Crippen LogP contribution in [0.3, 0.4) is 0 Å². The number of benzene rings is 1. The predicted octanol–water partition coefficient (Wildman–Crippen LogP) is 2.36. The minimum Gasteiger partial charge on any atom is -0.289 e. The Balaban J connectivity index is 2.90. The summed E-state index contributed by atoms with van der Waals surface area (Å²) < 4.78 is 35.7. The Bertz CT molecular complexity index is 881. The van der Waals surface area contributed by atoms with E-state index in [9.17, 15) is 13.2 Å². The number of carbonyl (C=O) groups is 1. The van der Waals surface area contributed by atoms with Gasteiger partial charge in [0, 0.05) is 21.0 Å². The first-order valence-electron chi connectivity index (χ1n) is 5.49. The lowest BCUT2D eigenvalue weighted by atomic mass is 9.87. The van der Waals surface area contributed by atoms with Crippen LogP contribution < -0.4 is 0 Å². The highest BCUT2D eigenvalue weighted by molar-refractivity contribution is 7.80. The molecular weight excluding hydrogens is 316 g/mol. The van der Waals surface area contributed by atoms with E-state index >= 15 is 0 Å². The second-order valence-electron chi connectivity index (χ2n) is 3.97. The van der Waals surface area contributed by atoms with Crippen LogP contribution in [0, 0.1) is 0 Å². The molecule has 0 saturated heterocycles. The van der Waals surface area contributed by atoms with E-state index in [1.165, 1.54) is 24.3 Å². The minimum absolute atomic E-state index is 0.0320. The van der Waals surface area contributed by atoms with Crippen molar-refractivity contribution < 1.29 is 21.9 Å². The molecule has 11 nitrogen and oxygen atoms in total. The highest BCUT2D eigenvalue weighted by Crippen LogP contribution is 2.42. The summed E-state index contributed by atoms with van der Waals surface area (Å²) in [5, 5.41) is 6.35. The van der Waals surface area contributed by atoms with Gasteiger partial charge in [0.1, 0.15) is 0 Å². The van der Waals surface area contributed by atoms with Crippen LogP contribution >= 0.6 is 0 Å². The SMILES string of the molecule is [N-]=[N+]=NC1=CC(=O)c2ccccc2C1(N=[N+]=[N-])OS(=O)(=O)O. The quantitative estimate of drug-likeness (QED) is 0.386. The molecule has 112 valence electrons. The van der Waals surface area contributed by atoms with E-state index in [1.54, 1.807) is 0 Å². The van der Waals surface area contributed by atoms with Crippen molar-refractivity contribution in [2.75, 3.05) is 0 Å². The molecule has 1 N–H and O–H groups in total. The standard InChI is InChI=1S/C10H6N6O5S/c11-15-13-9-5-8(17)6-3-1-2-4-7(6)10(9,14-16-12)21-22(18,19)20/h1-5H,(H,18,19,20). The Labute approximate surface area is 123 Å². The Kier molecular flexibility index (Phi) is 3.87. The molecule has 1 aliphatic rings. The molecule has 0 bridgehead atoms. The maximum Gasteiger partial charge on any atom is 0.398 e. The van der Waals surface area contributed by atoms with Crippen molar-refractivity contribution in [1.29, 1.82) is 0 Å². The Morgan fingerprint density at radius 2 is 1.91 bits per heavy atom. The largest absolute Gasteiger partial charge is 0.398 e. The maximum atomic E-state index is 12.0. The zero-order chi connectivity index (χ0) is 16.4. The predicted molar refractivity (Wildman–Crippen MR) is 71.5 cm³/mol. The van der Waals surface area contributed by atoms with Gasteiger partial charge in [0.2, 0.25) is 5.72 Å². The molecule has 0 saturated carbocycles. The molecule has 0 aliphatic heterocycles. The van der Waals surface area contributed by atoms with E-state index < -0.39 is 27.6 Å². The van der Waals surface area contributed by atoms with Gasteiger partial charge < -0.3 is 0 Å². The van der Waals surface area contributed by atoms with Gasteiger partial charge in [-0.3, -0.25) is 9.35 Å². The van der Waals surface area contributed by atoms with Gasteiger partial charge >= 0.3 is 10.4 Å². The number of hydrogen-bond acceptors (Lipinski definition) is 6. The average molecular weight is 322 g/mol. The second kappa shape index (κ2) is 5.48. The molecule has 0 spiro atoms. The molecule has 1 aliphatic carbocycles. The van der Waals surface area contributed by atoms with Gasteiger partial charge in [0.25, 0.3) is 0 Å². The zero-order valence-corrected chi connectivity index (χ0v) is 11.4. The van der Waals surface area contributed by atoms with Crippen LogP contribution in [0.2, 0.25) is 0 Å². The first kappa shape index (κ1) is 15.5. The van der Waals surface area contributed by atoms with E-state index in [1.807, 2.05) is 0 Å². The summed E-state index contributed by atoms with van der Waals surface area (Å²) >= 11 is 0. The van der Waals surface area contributed by atoms with E-state index in [4.69, 9.17) is 15.6 Å². The number of hydrogen-bond donors (Lipinski definition) is 1. The number of rotatable bonds is 4. The first-order valence-corrected chi connectivity index (χ1v) is 6.86. The van der Waals surface area contributed by atoms with E-state index in [0.717, 1.165) is 6.08 Å². The fraction of sp³-hybridized carbons (Fsp3) is 0.100. The number of azide groups is 2. The van der Waals surface area contributed by atoms with Crippen LogP contribution in [0.15, 0.2) is 46.3 Å². The summed E-state index contributed by atoms with van der Waals surface area (Å²) in [4.78, 5) is 16.9. The van der Waals surface area contributed by atoms with Gasteiger partial charge in [-0.25, -0.2) is 4.18 Å². The summed E-state index contributed by atoms with van der Waals surface area (Å²) in [6.07, 6.45) is 0.766. The lowest BCUT2D eigenvalue weighted by Gasteiger charge is -2.31. The number of nitrogens with zero attached hydrogens (tertiary/aromatic N) is 6. The van der Waals surface area contributed by atoms with Gasteiger partial charge in [-0.15, -0.1) is 0 Å². The fourth-order valence-corrected chi connectivity index (χ4v) is 2.51. The van der Waals surface area contributed by atoms with Crippen molar-refractivity contribution >= 4 is 16.2 Å². The highest BCUT2D eigenvalue weighted by Gasteiger charge is 2.46. The monoisotopic (exact) mass is 322 g/mol.